The summed E-state index contributed by atoms with van der Waals surface area (Å²) < 4.78 is 57.4. The fraction of sp³-hybridized carbons (Fsp3) is 0.154. The summed E-state index contributed by atoms with van der Waals surface area (Å²) >= 11 is 5.88. The highest BCUT2D eigenvalue weighted by atomic mass is 35.5. The SMILES string of the molecule is Cc1ccc(C)c(Oc2c(C(F)(F)F)oc3cc(OCC(=O)Nc4cccc(Cl)c4)ccc3c2=O)c1. The molecule has 0 radical (unpaired) electrons. The number of alkyl halides is 3. The van der Waals surface area contributed by atoms with Crippen LogP contribution in [0.4, 0.5) is 18.9 Å². The molecular weight excluding hydrogens is 499 g/mol. The predicted molar refractivity (Wildman–Crippen MR) is 129 cm³/mol. The summed E-state index contributed by atoms with van der Waals surface area (Å²) in [7, 11) is 0. The number of carbonyl (C=O) groups excluding carboxylic acids is 1. The first-order chi connectivity index (χ1) is 17.0. The Balaban J connectivity index is 1.63. The van der Waals surface area contributed by atoms with Crippen molar-refractivity contribution in [3.63, 3.8) is 0 Å². The number of benzene rings is 3. The molecule has 0 saturated heterocycles. The van der Waals surface area contributed by atoms with E-state index in [0.29, 0.717) is 16.3 Å². The molecule has 0 fully saturated rings. The number of fused-ring (bicyclic) bond motifs is 1. The fourth-order valence-corrected chi connectivity index (χ4v) is 3.56. The Bertz CT molecular complexity index is 1510. The van der Waals surface area contributed by atoms with Crippen molar-refractivity contribution in [3.8, 4) is 17.2 Å². The van der Waals surface area contributed by atoms with Gasteiger partial charge in [-0.2, -0.15) is 13.2 Å². The lowest BCUT2D eigenvalue weighted by Gasteiger charge is -2.15. The average molecular weight is 518 g/mol. The van der Waals surface area contributed by atoms with Crippen molar-refractivity contribution in [2.24, 2.45) is 0 Å². The minimum Gasteiger partial charge on any atom is -0.484 e. The maximum atomic E-state index is 13.8. The maximum Gasteiger partial charge on any atom is 0.453 e. The van der Waals surface area contributed by atoms with Crippen molar-refractivity contribution in [1.29, 1.82) is 0 Å². The summed E-state index contributed by atoms with van der Waals surface area (Å²) in [5.74, 6) is -2.91. The molecule has 0 spiro atoms. The Hall–Kier alpha value is -3.98. The minimum atomic E-state index is -5.01. The molecule has 0 saturated carbocycles. The van der Waals surface area contributed by atoms with E-state index in [1.807, 2.05) is 0 Å². The number of hydrogen-bond acceptors (Lipinski definition) is 5. The molecular formula is C26H19ClF3NO5. The third-order valence-electron chi connectivity index (χ3n) is 5.11. The molecule has 36 heavy (non-hydrogen) atoms. The van der Waals surface area contributed by atoms with E-state index in [4.69, 9.17) is 25.5 Å². The Morgan fingerprint density at radius 2 is 1.83 bits per heavy atom. The second kappa shape index (κ2) is 9.94. The number of aryl methyl sites for hydroxylation is 2. The van der Waals surface area contributed by atoms with Gasteiger partial charge in [-0.05, 0) is 61.4 Å². The van der Waals surface area contributed by atoms with Gasteiger partial charge >= 0.3 is 6.18 Å². The molecule has 6 nitrogen and oxygen atoms in total. The number of hydrogen-bond donors (Lipinski definition) is 1. The van der Waals surface area contributed by atoms with E-state index >= 15 is 0 Å². The number of rotatable bonds is 6. The predicted octanol–water partition coefficient (Wildman–Crippen LogP) is 6.89. The average Bonchev–Trinajstić information content (AvgIpc) is 2.81. The third kappa shape index (κ3) is 5.63. The van der Waals surface area contributed by atoms with Crippen LogP contribution in [0.5, 0.6) is 17.2 Å². The van der Waals surface area contributed by atoms with Gasteiger partial charge in [0.2, 0.25) is 11.2 Å². The number of halogens is 4. The van der Waals surface area contributed by atoms with Crippen LogP contribution in [0.25, 0.3) is 11.0 Å². The van der Waals surface area contributed by atoms with Crippen LogP contribution in [0, 0.1) is 13.8 Å². The summed E-state index contributed by atoms with van der Waals surface area (Å²) in [5, 5.41) is 2.87. The molecule has 0 unspecified atom stereocenters. The molecule has 3 aromatic carbocycles. The van der Waals surface area contributed by atoms with Crippen molar-refractivity contribution in [1.82, 2.24) is 0 Å². The zero-order valence-corrected chi connectivity index (χ0v) is 19.8. The van der Waals surface area contributed by atoms with Crippen LogP contribution in [0.1, 0.15) is 16.9 Å². The van der Waals surface area contributed by atoms with E-state index in [1.54, 1.807) is 50.2 Å². The van der Waals surface area contributed by atoms with E-state index in [9.17, 15) is 22.8 Å². The molecule has 4 rings (SSSR count). The van der Waals surface area contributed by atoms with Gasteiger partial charge in [-0.25, -0.2) is 0 Å². The zero-order chi connectivity index (χ0) is 26.0. The standard InChI is InChI=1S/C26H19ClF3NO5/c1-14-6-7-15(2)20(10-14)35-24-23(33)19-9-8-18(12-21(19)36-25(24)26(28,29)30)34-13-22(32)31-17-5-3-4-16(27)11-17/h3-12H,13H2,1-2H3,(H,31,32). The summed E-state index contributed by atoms with van der Waals surface area (Å²) in [6.45, 7) is 2.95. The summed E-state index contributed by atoms with van der Waals surface area (Å²) in [6, 6.07) is 15.2. The topological polar surface area (TPSA) is 77.8 Å². The molecule has 0 aliphatic heterocycles. The number of amides is 1. The summed E-state index contributed by atoms with van der Waals surface area (Å²) in [6.07, 6.45) is -5.01. The van der Waals surface area contributed by atoms with Crippen molar-refractivity contribution >= 4 is 34.2 Å². The van der Waals surface area contributed by atoms with Gasteiger partial charge in [-0.15, -0.1) is 0 Å². The number of carbonyl (C=O) groups is 1. The Kier molecular flexibility index (Phi) is 6.94. The molecule has 0 aliphatic rings. The van der Waals surface area contributed by atoms with Gasteiger partial charge in [-0.1, -0.05) is 29.8 Å². The summed E-state index contributed by atoms with van der Waals surface area (Å²) in [4.78, 5) is 25.2. The lowest BCUT2D eigenvalue weighted by molar-refractivity contribution is -0.154. The normalized spacial score (nSPS) is 11.4. The van der Waals surface area contributed by atoms with Crippen LogP contribution < -0.4 is 20.2 Å². The highest BCUT2D eigenvalue weighted by Crippen LogP contribution is 2.39. The quantitative estimate of drug-likeness (QED) is 0.301. The molecule has 1 N–H and O–H groups in total. The van der Waals surface area contributed by atoms with Crippen molar-refractivity contribution in [3.05, 3.63) is 92.8 Å². The van der Waals surface area contributed by atoms with Gasteiger partial charge in [0.25, 0.3) is 11.7 Å². The van der Waals surface area contributed by atoms with E-state index in [-0.39, 0.29) is 22.5 Å². The van der Waals surface area contributed by atoms with E-state index in [2.05, 4.69) is 5.32 Å². The van der Waals surface area contributed by atoms with Crippen LogP contribution in [0.15, 0.2) is 69.9 Å². The molecule has 1 aromatic heterocycles. The van der Waals surface area contributed by atoms with Crippen LogP contribution >= 0.6 is 11.6 Å². The molecule has 1 heterocycles. The zero-order valence-electron chi connectivity index (χ0n) is 19.0. The molecule has 0 atom stereocenters. The van der Waals surface area contributed by atoms with Crippen LogP contribution in [-0.2, 0) is 11.0 Å². The largest absolute Gasteiger partial charge is 0.484 e. The molecule has 186 valence electrons. The van der Waals surface area contributed by atoms with Crippen LogP contribution in [-0.4, -0.2) is 12.5 Å². The van der Waals surface area contributed by atoms with Crippen LogP contribution in [0.3, 0.4) is 0 Å². The minimum absolute atomic E-state index is 0.0308. The lowest BCUT2D eigenvalue weighted by Crippen LogP contribution is -2.20. The monoisotopic (exact) mass is 517 g/mol. The van der Waals surface area contributed by atoms with Gasteiger partial charge in [0.05, 0.1) is 5.39 Å². The van der Waals surface area contributed by atoms with E-state index < -0.39 is 35.6 Å². The Labute approximate surface area is 208 Å². The lowest BCUT2D eigenvalue weighted by atomic mass is 10.1. The highest BCUT2D eigenvalue weighted by Gasteiger charge is 2.40. The molecule has 1 amide bonds. The first-order valence-electron chi connectivity index (χ1n) is 10.6. The number of anilines is 1. The molecule has 4 aromatic rings. The Morgan fingerprint density at radius 3 is 2.56 bits per heavy atom. The van der Waals surface area contributed by atoms with Gasteiger partial charge in [0.15, 0.2) is 6.61 Å². The molecule has 0 bridgehead atoms. The second-order valence-electron chi connectivity index (χ2n) is 7.96. The number of nitrogens with one attached hydrogen (secondary N) is 1. The van der Waals surface area contributed by atoms with Crippen LogP contribution in [0.2, 0.25) is 5.02 Å². The third-order valence-corrected chi connectivity index (χ3v) is 5.35. The smallest absolute Gasteiger partial charge is 0.453 e. The first kappa shape index (κ1) is 25.1. The van der Waals surface area contributed by atoms with Crippen molar-refractivity contribution in [2.45, 2.75) is 20.0 Å². The second-order valence-corrected chi connectivity index (χ2v) is 8.40. The van der Waals surface area contributed by atoms with E-state index in [1.165, 1.54) is 18.2 Å². The first-order valence-corrected chi connectivity index (χ1v) is 11.0. The van der Waals surface area contributed by atoms with Crippen molar-refractivity contribution < 1.29 is 31.9 Å². The van der Waals surface area contributed by atoms with Crippen molar-refractivity contribution in [2.75, 3.05) is 11.9 Å². The molecule has 10 heteroatoms. The Morgan fingerprint density at radius 1 is 1.06 bits per heavy atom. The van der Waals surface area contributed by atoms with Gasteiger partial charge in [-0.3, -0.25) is 9.59 Å². The number of ether oxygens (including phenoxy) is 2. The van der Waals surface area contributed by atoms with Gasteiger partial charge < -0.3 is 19.2 Å². The fourth-order valence-electron chi connectivity index (χ4n) is 3.36. The van der Waals surface area contributed by atoms with Gasteiger partial charge in [0, 0.05) is 16.8 Å². The molecule has 0 aliphatic carbocycles. The van der Waals surface area contributed by atoms with Gasteiger partial charge in [0.1, 0.15) is 17.1 Å². The van der Waals surface area contributed by atoms with E-state index in [0.717, 1.165) is 11.6 Å². The highest BCUT2D eigenvalue weighted by molar-refractivity contribution is 6.30. The maximum absolute atomic E-state index is 13.8. The summed E-state index contributed by atoms with van der Waals surface area (Å²) in [5.41, 5.74) is 0.387.